The summed E-state index contributed by atoms with van der Waals surface area (Å²) in [6.45, 7) is 10.8. The van der Waals surface area contributed by atoms with E-state index in [0.717, 1.165) is 45.7 Å². The first kappa shape index (κ1) is 18.2. The van der Waals surface area contributed by atoms with Gasteiger partial charge in [0.05, 0.1) is 0 Å². The number of hydrogen-bond donors (Lipinski definition) is 1. The van der Waals surface area contributed by atoms with E-state index in [9.17, 15) is 4.79 Å². The SMILES string of the molecule is Cc1cccc(N2CCN(CCC(=O)N3CC(CN)CC3C)CC2)c1. The van der Waals surface area contributed by atoms with Crippen LogP contribution < -0.4 is 10.6 Å². The summed E-state index contributed by atoms with van der Waals surface area (Å²) in [6.07, 6.45) is 1.68. The third-order valence-electron chi connectivity index (χ3n) is 5.70. The number of carbonyl (C=O) groups is 1. The molecule has 2 unspecified atom stereocenters. The molecule has 2 saturated heterocycles. The number of likely N-dealkylation sites (tertiary alicyclic amines) is 1. The molecule has 3 rings (SSSR count). The van der Waals surface area contributed by atoms with E-state index in [1.54, 1.807) is 0 Å². The van der Waals surface area contributed by atoms with Gasteiger partial charge in [0, 0.05) is 57.4 Å². The molecule has 0 aromatic heterocycles. The number of carbonyl (C=O) groups excluding carboxylic acids is 1. The van der Waals surface area contributed by atoms with Gasteiger partial charge in [0.15, 0.2) is 0 Å². The van der Waals surface area contributed by atoms with E-state index in [1.807, 2.05) is 4.90 Å². The average Bonchev–Trinajstić information content (AvgIpc) is 3.01. The minimum absolute atomic E-state index is 0.296. The van der Waals surface area contributed by atoms with E-state index >= 15 is 0 Å². The van der Waals surface area contributed by atoms with E-state index in [-0.39, 0.29) is 0 Å². The van der Waals surface area contributed by atoms with Crippen LogP contribution in [0.2, 0.25) is 0 Å². The van der Waals surface area contributed by atoms with Crippen molar-refractivity contribution in [2.24, 2.45) is 11.7 Å². The van der Waals surface area contributed by atoms with Crippen LogP contribution in [-0.2, 0) is 4.79 Å². The number of anilines is 1. The molecule has 0 spiro atoms. The minimum atomic E-state index is 0.296. The molecule has 5 heteroatoms. The summed E-state index contributed by atoms with van der Waals surface area (Å²) in [7, 11) is 0. The minimum Gasteiger partial charge on any atom is -0.369 e. The Balaban J connectivity index is 1.43. The summed E-state index contributed by atoms with van der Waals surface area (Å²) in [5.74, 6) is 0.779. The highest BCUT2D eigenvalue weighted by atomic mass is 16.2. The molecule has 5 nitrogen and oxygen atoms in total. The average molecular weight is 345 g/mol. The number of piperazine rings is 1. The zero-order valence-electron chi connectivity index (χ0n) is 15.7. The van der Waals surface area contributed by atoms with Crippen molar-refractivity contribution in [1.82, 2.24) is 9.80 Å². The van der Waals surface area contributed by atoms with Crippen molar-refractivity contribution in [1.29, 1.82) is 0 Å². The third kappa shape index (κ3) is 4.53. The second-order valence-electron chi connectivity index (χ2n) is 7.65. The molecule has 2 fully saturated rings. The van der Waals surface area contributed by atoms with Crippen LogP contribution >= 0.6 is 0 Å². The van der Waals surface area contributed by atoms with Gasteiger partial charge >= 0.3 is 0 Å². The first-order valence-electron chi connectivity index (χ1n) is 9.60. The van der Waals surface area contributed by atoms with Gasteiger partial charge < -0.3 is 15.5 Å². The lowest BCUT2D eigenvalue weighted by Crippen LogP contribution is -2.47. The Morgan fingerprint density at radius 1 is 1.24 bits per heavy atom. The summed E-state index contributed by atoms with van der Waals surface area (Å²) in [4.78, 5) is 19.4. The molecule has 2 heterocycles. The summed E-state index contributed by atoms with van der Waals surface area (Å²) >= 11 is 0. The third-order valence-corrected chi connectivity index (χ3v) is 5.70. The van der Waals surface area contributed by atoms with Crippen molar-refractivity contribution < 1.29 is 4.79 Å². The number of nitrogens with zero attached hydrogens (tertiary/aromatic N) is 3. The van der Waals surface area contributed by atoms with Gasteiger partial charge in [-0.3, -0.25) is 9.69 Å². The Morgan fingerprint density at radius 2 is 2.00 bits per heavy atom. The van der Waals surface area contributed by atoms with Gasteiger partial charge in [0.25, 0.3) is 0 Å². The second kappa shape index (κ2) is 8.19. The maximum Gasteiger partial charge on any atom is 0.224 e. The molecule has 2 atom stereocenters. The standard InChI is InChI=1S/C20H32N4O/c1-16-4-3-5-19(12-16)23-10-8-22(9-11-23)7-6-20(25)24-15-18(14-21)13-17(24)2/h3-5,12,17-18H,6-11,13-15,21H2,1-2H3. The van der Waals surface area contributed by atoms with Crippen LogP contribution in [0.25, 0.3) is 0 Å². The van der Waals surface area contributed by atoms with Crippen molar-refractivity contribution in [3.05, 3.63) is 29.8 Å². The van der Waals surface area contributed by atoms with Crippen molar-refractivity contribution in [2.75, 3.05) is 50.7 Å². The zero-order chi connectivity index (χ0) is 17.8. The number of rotatable bonds is 5. The molecule has 0 aliphatic carbocycles. The molecular weight excluding hydrogens is 312 g/mol. The lowest BCUT2D eigenvalue weighted by Gasteiger charge is -2.36. The number of amides is 1. The Morgan fingerprint density at radius 3 is 2.64 bits per heavy atom. The predicted molar refractivity (Wildman–Crippen MR) is 103 cm³/mol. The van der Waals surface area contributed by atoms with Gasteiger partial charge in [0.2, 0.25) is 5.91 Å². The lowest BCUT2D eigenvalue weighted by molar-refractivity contribution is -0.132. The van der Waals surface area contributed by atoms with Crippen LogP contribution in [-0.4, -0.2) is 67.6 Å². The first-order chi connectivity index (χ1) is 12.1. The van der Waals surface area contributed by atoms with Crippen LogP contribution in [0.1, 0.15) is 25.3 Å². The molecule has 1 amide bonds. The second-order valence-corrected chi connectivity index (χ2v) is 7.65. The molecule has 1 aromatic carbocycles. The summed E-state index contributed by atoms with van der Waals surface area (Å²) in [5.41, 5.74) is 8.39. The van der Waals surface area contributed by atoms with E-state index in [2.05, 4.69) is 47.9 Å². The van der Waals surface area contributed by atoms with Gasteiger partial charge in [-0.2, -0.15) is 0 Å². The highest BCUT2D eigenvalue weighted by molar-refractivity contribution is 5.77. The molecule has 1 aromatic rings. The Hall–Kier alpha value is -1.59. The van der Waals surface area contributed by atoms with E-state index in [0.29, 0.717) is 30.8 Å². The molecule has 0 bridgehead atoms. The fraction of sp³-hybridized carbons (Fsp3) is 0.650. The first-order valence-corrected chi connectivity index (χ1v) is 9.60. The van der Waals surface area contributed by atoms with Crippen LogP contribution in [0.3, 0.4) is 0 Å². The highest BCUT2D eigenvalue weighted by Crippen LogP contribution is 2.23. The summed E-state index contributed by atoms with van der Waals surface area (Å²) in [5, 5.41) is 0. The molecule has 0 radical (unpaired) electrons. The molecule has 2 aliphatic heterocycles. The Bertz CT molecular complexity index is 583. The van der Waals surface area contributed by atoms with Gasteiger partial charge in [-0.25, -0.2) is 0 Å². The quantitative estimate of drug-likeness (QED) is 0.883. The van der Waals surface area contributed by atoms with E-state index in [4.69, 9.17) is 5.73 Å². The monoisotopic (exact) mass is 344 g/mol. The largest absolute Gasteiger partial charge is 0.369 e. The van der Waals surface area contributed by atoms with Crippen molar-refractivity contribution in [3.63, 3.8) is 0 Å². The smallest absolute Gasteiger partial charge is 0.224 e. The topological polar surface area (TPSA) is 52.8 Å². The van der Waals surface area contributed by atoms with Gasteiger partial charge in [0.1, 0.15) is 0 Å². The molecule has 0 saturated carbocycles. The van der Waals surface area contributed by atoms with E-state index in [1.165, 1.54) is 11.3 Å². The molecule has 2 N–H and O–H groups in total. The van der Waals surface area contributed by atoms with Gasteiger partial charge in [-0.15, -0.1) is 0 Å². The number of aryl methyl sites for hydroxylation is 1. The maximum atomic E-state index is 12.5. The molecular formula is C20H32N4O. The summed E-state index contributed by atoms with van der Waals surface area (Å²) in [6, 6.07) is 9.05. The Labute approximate surface area is 151 Å². The Kier molecular flexibility index (Phi) is 5.97. The van der Waals surface area contributed by atoms with Crippen LogP contribution in [0, 0.1) is 12.8 Å². The van der Waals surface area contributed by atoms with Crippen molar-refractivity contribution in [3.8, 4) is 0 Å². The van der Waals surface area contributed by atoms with Crippen LogP contribution in [0.15, 0.2) is 24.3 Å². The molecule has 25 heavy (non-hydrogen) atoms. The lowest BCUT2D eigenvalue weighted by atomic mass is 10.1. The van der Waals surface area contributed by atoms with E-state index < -0.39 is 0 Å². The van der Waals surface area contributed by atoms with Crippen LogP contribution in [0.4, 0.5) is 5.69 Å². The number of nitrogens with two attached hydrogens (primary N) is 1. The fourth-order valence-corrected chi connectivity index (χ4v) is 4.11. The zero-order valence-corrected chi connectivity index (χ0v) is 15.7. The van der Waals surface area contributed by atoms with Crippen molar-refractivity contribution >= 4 is 11.6 Å². The molecule has 138 valence electrons. The fourth-order valence-electron chi connectivity index (χ4n) is 4.11. The summed E-state index contributed by atoms with van der Waals surface area (Å²) < 4.78 is 0. The predicted octanol–water partition coefficient (Wildman–Crippen LogP) is 1.70. The van der Waals surface area contributed by atoms with Crippen molar-refractivity contribution in [2.45, 2.75) is 32.7 Å². The van der Waals surface area contributed by atoms with Gasteiger partial charge in [-0.05, 0) is 50.4 Å². The normalized spacial score (nSPS) is 24.8. The van der Waals surface area contributed by atoms with Crippen LogP contribution in [0.5, 0.6) is 0 Å². The maximum absolute atomic E-state index is 12.5. The van der Waals surface area contributed by atoms with Gasteiger partial charge in [-0.1, -0.05) is 12.1 Å². The molecule has 2 aliphatic rings. The number of hydrogen-bond acceptors (Lipinski definition) is 4. The number of benzene rings is 1. The highest BCUT2D eigenvalue weighted by Gasteiger charge is 2.31.